The van der Waals surface area contributed by atoms with Crippen LogP contribution in [0.15, 0.2) is 0 Å². The summed E-state index contributed by atoms with van der Waals surface area (Å²) in [5.41, 5.74) is 0. The summed E-state index contributed by atoms with van der Waals surface area (Å²) in [6.45, 7) is 4.53. The largest absolute Gasteiger partial charge is 0.0651 e. The lowest BCUT2D eigenvalue weighted by atomic mass is 10.1. The second kappa shape index (κ2) is 9.95. The first-order chi connectivity index (χ1) is 6.86. The van der Waals surface area contributed by atoms with E-state index in [0.29, 0.717) is 0 Å². The predicted octanol–water partition coefficient (Wildman–Crippen LogP) is 4.56. The van der Waals surface area contributed by atoms with Crippen molar-refractivity contribution in [3.8, 4) is 0 Å². The number of hydrogen-bond acceptors (Lipinski definition) is 0. The second-order valence-electron chi connectivity index (χ2n) is 4.67. The standard InChI is InChI=1S/C7H14.C7H12.Mg/c2*1-2-7-5-3-4-6-7;/h7H,2-6H2,1H3;5H,2-4,6H2,1H3;. The maximum atomic E-state index is 2.38. The van der Waals surface area contributed by atoms with Crippen LogP contribution < -0.4 is 0 Å². The smallest absolute Gasteiger partial charge is 0 e. The quantitative estimate of drug-likeness (QED) is 0.596. The van der Waals surface area contributed by atoms with Crippen molar-refractivity contribution in [3.05, 3.63) is 12.3 Å². The summed E-state index contributed by atoms with van der Waals surface area (Å²) in [4.78, 5) is 0. The van der Waals surface area contributed by atoms with Crippen molar-refractivity contribution >= 4 is 23.1 Å². The molecule has 0 saturated heterocycles. The van der Waals surface area contributed by atoms with Gasteiger partial charge in [0.25, 0.3) is 0 Å². The summed E-state index contributed by atoms with van der Waals surface area (Å²) < 4.78 is 0. The first-order valence-electron chi connectivity index (χ1n) is 6.54. The lowest BCUT2D eigenvalue weighted by Gasteiger charge is -1.99. The highest BCUT2D eigenvalue weighted by atomic mass is 24.3. The Morgan fingerprint density at radius 3 is 2.07 bits per heavy atom. The highest BCUT2D eigenvalue weighted by Gasteiger charge is 2.12. The monoisotopic (exact) mass is 218 g/mol. The highest BCUT2D eigenvalue weighted by Crippen LogP contribution is 2.27. The van der Waals surface area contributed by atoms with Crippen LogP contribution in [0.2, 0.25) is 0 Å². The van der Waals surface area contributed by atoms with E-state index in [9.17, 15) is 0 Å². The minimum absolute atomic E-state index is 0. The molecule has 0 bridgehead atoms. The molecular formula is C14H26Mg. The molecule has 2 saturated carbocycles. The Balaban J connectivity index is 0.000000245. The van der Waals surface area contributed by atoms with Gasteiger partial charge in [-0.25, -0.2) is 0 Å². The summed E-state index contributed by atoms with van der Waals surface area (Å²) >= 11 is 0. The van der Waals surface area contributed by atoms with E-state index in [1.54, 1.807) is 5.92 Å². The van der Waals surface area contributed by atoms with Crippen molar-refractivity contribution in [1.29, 1.82) is 0 Å². The Hall–Kier alpha value is 0.766. The SMILES string of the molecule is CCC1CCCC1.CC[C]1[CH]CCC1.[Mg]. The van der Waals surface area contributed by atoms with Gasteiger partial charge < -0.3 is 0 Å². The zero-order valence-corrected chi connectivity index (χ0v) is 12.1. The third kappa shape index (κ3) is 6.83. The molecule has 0 nitrogen and oxygen atoms in total. The van der Waals surface area contributed by atoms with E-state index in [0.717, 1.165) is 5.92 Å². The van der Waals surface area contributed by atoms with Crippen molar-refractivity contribution < 1.29 is 0 Å². The van der Waals surface area contributed by atoms with Gasteiger partial charge in [0.2, 0.25) is 0 Å². The molecule has 0 amide bonds. The van der Waals surface area contributed by atoms with Gasteiger partial charge in [0.15, 0.2) is 0 Å². The van der Waals surface area contributed by atoms with Crippen LogP contribution in [0, 0.1) is 18.3 Å². The molecule has 2 rings (SSSR count). The summed E-state index contributed by atoms with van der Waals surface area (Å²) in [6, 6.07) is 0. The van der Waals surface area contributed by atoms with Crippen LogP contribution >= 0.6 is 0 Å². The molecule has 0 atom stereocenters. The molecule has 2 aliphatic carbocycles. The molecule has 0 heterocycles. The minimum Gasteiger partial charge on any atom is -0.0651 e. The van der Waals surface area contributed by atoms with Gasteiger partial charge in [-0.3, -0.25) is 0 Å². The molecule has 84 valence electrons. The van der Waals surface area contributed by atoms with Gasteiger partial charge in [0, 0.05) is 23.1 Å². The van der Waals surface area contributed by atoms with E-state index in [1.165, 1.54) is 57.8 Å². The third-order valence-electron chi connectivity index (χ3n) is 3.64. The number of hydrogen-bond donors (Lipinski definition) is 0. The third-order valence-corrected chi connectivity index (χ3v) is 3.64. The molecule has 0 aliphatic heterocycles. The highest BCUT2D eigenvalue weighted by molar-refractivity contribution is 5.75. The predicted molar refractivity (Wildman–Crippen MR) is 69.7 cm³/mol. The zero-order chi connectivity index (χ0) is 10.2. The van der Waals surface area contributed by atoms with E-state index in [1.807, 2.05) is 0 Å². The molecule has 15 heavy (non-hydrogen) atoms. The van der Waals surface area contributed by atoms with E-state index >= 15 is 0 Å². The van der Waals surface area contributed by atoms with Gasteiger partial charge in [-0.1, -0.05) is 52.4 Å². The van der Waals surface area contributed by atoms with Gasteiger partial charge >= 0.3 is 0 Å². The maximum absolute atomic E-state index is 2.38. The van der Waals surface area contributed by atoms with Crippen LogP contribution in [-0.2, 0) is 0 Å². The Bertz CT molecular complexity index is 105. The van der Waals surface area contributed by atoms with Gasteiger partial charge in [0.05, 0.1) is 0 Å². The molecule has 2 fully saturated rings. The lowest BCUT2D eigenvalue weighted by Crippen LogP contribution is -1.86. The Morgan fingerprint density at radius 1 is 1.13 bits per heavy atom. The summed E-state index contributed by atoms with van der Waals surface area (Å²) in [7, 11) is 0. The summed E-state index contributed by atoms with van der Waals surface area (Å²) in [5.74, 6) is 2.76. The van der Waals surface area contributed by atoms with Gasteiger partial charge in [-0.15, -0.1) is 0 Å². The molecule has 0 aromatic heterocycles. The molecule has 0 N–H and O–H groups in total. The van der Waals surface area contributed by atoms with E-state index < -0.39 is 0 Å². The van der Waals surface area contributed by atoms with Crippen molar-refractivity contribution in [3.63, 3.8) is 0 Å². The number of rotatable bonds is 2. The van der Waals surface area contributed by atoms with Crippen molar-refractivity contribution in [1.82, 2.24) is 0 Å². The van der Waals surface area contributed by atoms with E-state index in [2.05, 4.69) is 20.3 Å². The zero-order valence-electron chi connectivity index (χ0n) is 10.7. The van der Waals surface area contributed by atoms with Crippen molar-refractivity contribution in [2.75, 3.05) is 0 Å². The first-order valence-corrected chi connectivity index (χ1v) is 6.54. The van der Waals surface area contributed by atoms with Crippen LogP contribution in [0.4, 0.5) is 0 Å². The van der Waals surface area contributed by atoms with E-state index in [-0.39, 0.29) is 23.1 Å². The van der Waals surface area contributed by atoms with Crippen LogP contribution in [0.1, 0.15) is 71.6 Å². The Kier molecular flexibility index (Phi) is 10.5. The summed E-state index contributed by atoms with van der Waals surface area (Å²) in [5, 5.41) is 0. The fourth-order valence-corrected chi connectivity index (χ4v) is 2.48. The maximum Gasteiger partial charge on any atom is 0 e. The molecule has 0 aromatic carbocycles. The topological polar surface area (TPSA) is 0 Å². The van der Waals surface area contributed by atoms with Crippen molar-refractivity contribution in [2.24, 2.45) is 5.92 Å². The van der Waals surface area contributed by atoms with E-state index in [4.69, 9.17) is 0 Å². The fourth-order valence-electron chi connectivity index (χ4n) is 2.48. The average Bonchev–Trinajstić information content (AvgIpc) is 2.92. The normalized spacial score (nSPS) is 22.0. The average molecular weight is 219 g/mol. The van der Waals surface area contributed by atoms with Gasteiger partial charge in [0.1, 0.15) is 0 Å². The van der Waals surface area contributed by atoms with Crippen LogP contribution in [0.3, 0.4) is 0 Å². The summed E-state index contributed by atoms with van der Waals surface area (Å²) in [6.07, 6.45) is 15.2. The molecule has 0 spiro atoms. The lowest BCUT2D eigenvalue weighted by molar-refractivity contribution is 0.531. The molecular weight excluding hydrogens is 192 g/mol. The van der Waals surface area contributed by atoms with Gasteiger partial charge in [-0.05, 0) is 37.5 Å². The molecule has 0 unspecified atom stereocenters. The van der Waals surface area contributed by atoms with Gasteiger partial charge in [-0.2, -0.15) is 0 Å². The molecule has 0 aromatic rings. The van der Waals surface area contributed by atoms with Crippen LogP contribution in [0.5, 0.6) is 0 Å². The molecule has 2 aliphatic rings. The first kappa shape index (κ1) is 15.8. The Labute approximate surface area is 113 Å². The minimum atomic E-state index is 0. The molecule has 1 heteroatoms. The second-order valence-corrected chi connectivity index (χ2v) is 4.67. The molecule has 4 radical (unpaired) electrons. The van der Waals surface area contributed by atoms with Crippen LogP contribution in [-0.4, -0.2) is 23.1 Å². The van der Waals surface area contributed by atoms with Crippen LogP contribution in [0.25, 0.3) is 0 Å². The van der Waals surface area contributed by atoms with Crippen molar-refractivity contribution in [2.45, 2.75) is 71.6 Å². The Morgan fingerprint density at radius 2 is 1.80 bits per heavy atom. The fraction of sp³-hybridized carbons (Fsp3) is 0.857.